The molecular weight excluding hydrogens is 290 g/mol. The lowest BCUT2D eigenvalue weighted by atomic mass is 9.88. The lowest BCUT2D eigenvalue weighted by Crippen LogP contribution is -2.43. The van der Waals surface area contributed by atoms with Crippen molar-refractivity contribution in [3.63, 3.8) is 0 Å². The Kier molecular flexibility index (Phi) is 5.80. The van der Waals surface area contributed by atoms with Crippen LogP contribution in [-0.4, -0.2) is 22.5 Å². The number of rotatable bonds is 3. The fourth-order valence-corrected chi connectivity index (χ4v) is 2.89. The normalized spacial score (nSPS) is 16.0. The van der Waals surface area contributed by atoms with Crippen LogP contribution in [0.1, 0.15) is 58.4 Å². The predicted molar refractivity (Wildman–Crippen MR) is 89.8 cm³/mol. The average Bonchev–Trinajstić information content (AvgIpc) is 2.52. The molecule has 0 aliphatic heterocycles. The van der Waals surface area contributed by atoms with Crippen LogP contribution in [0.4, 0.5) is 4.79 Å². The Morgan fingerprint density at radius 2 is 1.70 bits per heavy atom. The molecule has 23 heavy (non-hydrogen) atoms. The van der Waals surface area contributed by atoms with Crippen molar-refractivity contribution in [2.75, 3.05) is 0 Å². The molecule has 0 aromatic heterocycles. The summed E-state index contributed by atoms with van der Waals surface area (Å²) in [6.07, 6.45) is 4.49. The van der Waals surface area contributed by atoms with Gasteiger partial charge in [0.2, 0.25) is 5.91 Å². The Labute approximate surface area is 138 Å². The van der Waals surface area contributed by atoms with Crippen molar-refractivity contribution < 1.29 is 14.3 Å². The van der Waals surface area contributed by atoms with Gasteiger partial charge in [0, 0.05) is 5.92 Å². The van der Waals surface area contributed by atoms with E-state index in [9.17, 15) is 9.59 Å². The van der Waals surface area contributed by atoms with Crippen molar-refractivity contribution in [2.24, 2.45) is 5.92 Å². The monoisotopic (exact) mass is 317 g/mol. The average molecular weight is 317 g/mol. The third-order valence-corrected chi connectivity index (χ3v) is 4.02. The molecule has 1 aliphatic carbocycles. The van der Waals surface area contributed by atoms with Gasteiger partial charge < -0.3 is 4.74 Å². The van der Waals surface area contributed by atoms with Crippen LogP contribution in [0.25, 0.3) is 0 Å². The van der Waals surface area contributed by atoms with Gasteiger partial charge in [-0.3, -0.25) is 4.79 Å². The summed E-state index contributed by atoms with van der Waals surface area (Å²) in [7, 11) is 0. The van der Waals surface area contributed by atoms with Crippen molar-refractivity contribution in [1.29, 1.82) is 0 Å². The van der Waals surface area contributed by atoms with Crippen molar-refractivity contribution in [1.82, 2.24) is 4.90 Å². The minimum Gasteiger partial charge on any atom is -0.443 e. The quantitative estimate of drug-likeness (QED) is 0.823. The zero-order valence-electron chi connectivity index (χ0n) is 14.4. The lowest BCUT2D eigenvalue weighted by Gasteiger charge is -2.30. The van der Waals surface area contributed by atoms with Gasteiger partial charge in [-0.15, -0.1) is 0 Å². The number of amides is 2. The van der Waals surface area contributed by atoms with E-state index in [1.165, 1.54) is 11.3 Å². The Bertz CT molecular complexity index is 527. The van der Waals surface area contributed by atoms with Gasteiger partial charge in [0.1, 0.15) is 5.60 Å². The third kappa shape index (κ3) is 5.38. The second-order valence-electron chi connectivity index (χ2n) is 7.23. The van der Waals surface area contributed by atoms with E-state index >= 15 is 0 Å². The molecule has 0 spiro atoms. The molecule has 0 bridgehead atoms. The molecule has 2 rings (SSSR count). The highest BCUT2D eigenvalue weighted by Crippen LogP contribution is 2.27. The summed E-state index contributed by atoms with van der Waals surface area (Å²) in [5, 5.41) is 0. The number of hydrogen-bond donors (Lipinski definition) is 0. The van der Waals surface area contributed by atoms with Crippen molar-refractivity contribution in [3.05, 3.63) is 35.9 Å². The number of benzene rings is 1. The number of imide groups is 1. The van der Waals surface area contributed by atoms with E-state index in [0.29, 0.717) is 0 Å². The zero-order valence-corrected chi connectivity index (χ0v) is 14.4. The smallest absolute Gasteiger partial charge is 0.417 e. The molecule has 0 N–H and O–H groups in total. The van der Waals surface area contributed by atoms with Gasteiger partial charge in [0.05, 0.1) is 6.54 Å². The van der Waals surface area contributed by atoms with E-state index in [2.05, 4.69) is 0 Å². The number of carbonyl (C=O) groups is 2. The molecule has 1 aliphatic rings. The SMILES string of the molecule is CC(C)(C)OC(=O)N(Cc1ccccc1)C(=O)C1CCCCC1. The molecule has 0 radical (unpaired) electrons. The van der Waals surface area contributed by atoms with Crippen LogP contribution >= 0.6 is 0 Å². The predicted octanol–water partition coefficient (Wildman–Crippen LogP) is 4.53. The summed E-state index contributed by atoms with van der Waals surface area (Å²) >= 11 is 0. The van der Waals surface area contributed by atoms with Gasteiger partial charge in [-0.1, -0.05) is 49.6 Å². The topological polar surface area (TPSA) is 46.6 Å². The first-order chi connectivity index (χ1) is 10.9. The van der Waals surface area contributed by atoms with Gasteiger partial charge >= 0.3 is 6.09 Å². The first-order valence-electron chi connectivity index (χ1n) is 8.45. The Morgan fingerprint density at radius 1 is 1.09 bits per heavy atom. The molecular formula is C19H27NO3. The van der Waals surface area contributed by atoms with Crippen LogP contribution in [0.2, 0.25) is 0 Å². The molecule has 1 saturated carbocycles. The Balaban J connectivity index is 2.16. The van der Waals surface area contributed by atoms with Gasteiger partial charge in [-0.25, -0.2) is 9.69 Å². The van der Waals surface area contributed by atoms with Crippen molar-refractivity contribution >= 4 is 12.0 Å². The van der Waals surface area contributed by atoms with Gasteiger partial charge in [0.25, 0.3) is 0 Å². The maximum absolute atomic E-state index is 12.9. The van der Waals surface area contributed by atoms with E-state index in [0.717, 1.165) is 31.2 Å². The first-order valence-corrected chi connectivity index (χ1v) is 8.45. The fraction of sp³-hybridized carbons (Fsp3) is 0.579. The lowest BCUT2D eigenvalue weighted by molar-refractivity contribution is -0.136. The molecule has 0 unspecified atom stereocenters. The molecule has 126 valence electrons. The third-order valence-electron chi connectivity index (χ3n) is 4.02. The van der Waals surface area contributed by atoms with E-state index in [-0.39, 0.29) is 18.4 Å². The minimum atomic E-state index is -0.612. The largest absolute Gasteiger partial charge is 0.443 e. The summed E-state index contributed by atoms with van der Waals surface area (Å²) in [6, 6.07) is 9.59. The van der Waals surface area contributed by atoms with Crippen molar-refractivity contribution in [2.45, 2.75) is 65.0 Å². The summed E-state index contributed by atoms with van der Waals surface area (Å²) in [6.45, 7) is 5.72. The van der Waals surface area contributed by atoms with Crippen molar-refractivity contribution in [3.8, 4) is 0 Å². The summed E-state index contributed by atoms with van der Waals surface area (Å²) < 4.78 is 5.45. The summed E-state index contributed by atoms with van der Waals surface area (Å²) in [5.41, 5.74) is 0.321. The van der Waals surface area contributed by atoms with Gasteiger partial charge in [0.15, 0.2) is 0 Å². The van der Waals surface area contributed by atoms with Gasteiger partial charge in [-0.2, -0.15) is 0 Å². The molecule has 1 aromatic carbocycles. The second-order valence-corrected chi connectivity index (χ2v) is 7.23. The van der Waals surface area contributed by atoms with E-state index in [4.69, 9.17) is 4.74 Å². The molecule has 0 heterocycles. The second kappa shape index (κ2) is 7.62. The highest BCUT2D eigenvalue weighted by Gasteiger charge is 2.32. The van der Waals surface area contributed by atoms with Crippen LogP contribution in [0.15, 0.2) is 30.3 Å². The Morgan fingerprint density at radius 3 is 2.26 bits per heavy atom. The standard InChI is InChI=1S/C19H27NO3/c1-19(2,3)23-18(22)20(14-15-10-6-4-7-11-15)17(21)16-12-8-5-9-13-16/h4,6-7,10-11,16H,5,8-9,12-14H2,1-3H3. The molecule has 0 saturated heterocycles. The highest BCUT2D eigenvalue weighted by atomic mass is 16.6. The molecule has 1 aromatic rings. The number of hydrogen-bond acceptors (Lipinski definition) is 3. The molecule has 4 heteroatoms. The number of ether oxygens (including phenoxy) is 1. The molecule has 0 atom stereocenters. The van der Waals surface area contributed by atoms with Gasteiger partial charge in [-0.05, 0) is 39.2 Å². The fourth-order valence-electron chi connectivity index (χ4n) is 2.89. The highest BCUT2D eigenvalue weighted by molar-refractivity contribution is 5.93. The summed E-state index contributed by atoms with van der Waals surface area (Å²) in [5.74, 6) is -0.150. The molecule has 4 nitrogen and oxygen atoms in total. The first kappa shape index (κ1) is 17.5. The molecule has 2 amide bonds. The van der Waals surface area contributed by atoms with E-state index in [1.807, 2.05) is 51.1 Å². The van der Waals surface area contributed by atoms with Crippen LogP contribution in [-0.2, 0) is 16.1 Å². The van der Waals surface area contributed by atoms with Crippen LogP contribution in [0, 0.1) is 5.92 Å². The zero-order chi connectivity index (χ0) is 16.9. The number of carbonyl (C=O) groups excluding carboxylic acids is 2. The Hall–Kier alpha value is -1.84. The maximum atomic E-state index is 12.9. The minimum absolute atomic E-state index is 0.0556. The van der Waals surface area contributed by atoms with E-state index < -0.39 is 11.7 Å². The van der Waals surface area contributed by atoms with Crippen LogP contribution in [0.3, 0.4) is 0 Å². The van der Waals surface area contributed by atoms with Crippen LogP contribution < -0.4 is 0 Å². The summed E-state index contributed by atoms with van der Waals surface area (Å²) in [4.78, 5) is 26.7. The van der Waals surface area contributed by atoms with Crippen LogP contribution in [0.5, 0.6) is 0 Å². The number of nitrogens with zero attached hydrogens (tertiary/aromatic N) is 1. The maximum Gasteiger partial charge on any atom is 0.417 e. The van der Waals surface area contributed by atoms with E-state index in [1.54, 1.807) is 0 Å². The molecule has 1 fully saturated rings.